The van der Waals surface area contributed by atoms with Gasteiger partial charge in [0.2, 0.25) is 0 Å². The van der Waals surface area contributed by atoms with Gasteiger partial charge in [0.15, 0.2) is 0 Å². The quantitative estimate of drug-likeness (QED) is 0.887. The highest BCUT2D eigenvalue weighted by Crippen LogP contribution is 2.10. The Balaban J connectivity index is 1.92. The number of carbonyl (C=O) groups excluding carboxylic acids is 1. The van der Waals surface area contributed by atoms with Crippen LogP contribution in [0.5, 0.6) is 0 Å². The molecule has 0 bridgehead atoms. The Hall–Kier alpha value is -2.20. The molecule has 2 aromatic rings. The average Bonchev–Trinajstić information content (AvgIpc) is 2.49. The highest BCUT2D eigenvalue weighted by molar-refractivity contribution is 5.94. The summed E-state index contributed by atoms with van der Waals surface area (Å²) in [6.45, 7) is 2.79. The van der Waals surface area contributed by atoms with E-state index in [1.807, 2.05) is 19.1 Å². The molecule has 110 valence electrons. The Morgan fingerprint density at radius 2 is 2.05 bits per heavy atom. The van der Waals surface area contributed by atoms with Crippen LogP contribution < -0.4 is 11.1 Å². The van der Waals surface area contributed by atoms with Crippen LogP contribution in [0.2, 0.25) is 0 Å². The second-order valence-corrected chi connectivity index (χ2v) is 4.98. The fraction of sp³-hybridized carbons (Fsp3) is 0.235. The third-order valence-corrected chi connectivity index (χ3v) is 3.41. The van der Waals surface area contributed by atoms with E-state index in [2.05, 4.69) is 5.32 Å². The zero-order valence-corrected chi connectivity index (χ0v) is 12.0. The van der Waals surface area contributed by atoms with Crippen molar-refractivity contribution in [2.24, 2.45) is 5.73 Å². The molecular weight excluding hydrogens is 267 g/mol. The molecule has 0 heterocycles. The van der Waals surface area contributed by atoms with E-state index in [-0.39, 0.29) is 11.7 Å². The summed E-state index contributed by atoms with van der Waals surface area (Å²) >= 11 is 0. The van der Waals surface area contributed by atoms with Crippen LogP contribution >= 0.6 is 0 Å². The van der Waals surface area contributed by atoms with Gasteiger partial charge < -0.3 is 11.1 Å². The molecule has 0 saturated carbocycles. The number of hydrogen-bond donors (Lipinski definition) is 2. The lowest BCUT2D eigenvalue weighted by Crippen LogP contribution is -2.26. The molecule has 0 aliphatic carbocycles. The number of rotatable bonds is 5. The number of carbonyl (C=O) groups is 1. The Labute approximate surface area is 124 Å². The molecule has 0 aromatic heterocycles. The van der Waals surface area contributed by atoms with Gasteiger partial charge in [-0.05, 0) is 54.3 Å². The molecule has 0 radical (unpaired) electrons. The lowest BCUT2D eigenvalue weighted by molar-refractivity contribution is 0.0954. The van der Waals surface area contributed by atoms with Gasteiger partial charge in [0.05, 0.1) is 0 Å². The van der Waals surface area contributed by atoms with Crippen molar-refractivity contribution < 1.29 is 9.18 Å². The van der Waals surface area contributed by atoms with Crippen LogP contribution in [0.25, 0.3) is 0 Å². The Morgan fingerprint density at radius 1 is 1.24 bits per heavy atom. The molecule has 0 atom stereocenters. The van der Waals surface area contributed by atoms with Crippen molar-refractivity contribution in [2.45, 2.75) is 19.9 Å². The predicted molar refractivity (Wildman–Crippen MR) is 81.5 cm³/mol. The second-order valence-electron chi connectivity index (χ2n) is 4.98. The van der Waals surface area contributed by atoms with E-state index in [1.165, 1.54) is 12.1 Å². The number of halogens is 1. The molecule has 2 rings (SSSR count). The van der Waals surface area contributed by atoms with Gasteiger partial charge in [0.1, 0.15) is 5.82 Å². The molecule has 0 fully saturated rings. The van der Waals surface area contributed by atoms with Crippen molar-refractivity contribution >= 4 is 5.91 Å². The van der Waals surface area contributed by atoms with Crippen LogP contribution in [0.15, 0.2) is 42.5 Å². The Bertz CT molecular complexity index is 640. The Morgan fingerprint density at radius 3 is 2.76 bits per heavy atom. The molecule has 0 spiro atoms. The zero-order valence-electron chi connectivity index (χ0n) is 12.0. The number of hydrogen-bond acceptors (Lipinski definition) is 2. The minimum absolute atomic E-state index is 0.120. The van der Waals surface area contributed by atoms with Crippen LogP contribution in [0.3, 0.4) is 0 Å². The molecular formula is C17H19FN2O. The molecule has 21 heavy (non-hydrogen) atoms. The molecule has 0 aliphatic rings. The first kappa shape index (κ1) is 15.2. The van der Waals surface area contributed by atoms with E-state index in [0.717, 1.165) is 16.7 Å². The average molecular weight is 286 g/mol. The maximum absolute atomic E-state index is 13.0. The van der Waals surface area contributed by atoms with Gasteiger partial charge in [0, 0.05) is 18.7 Å². The summed E-state index contributed by atoms with van der Waals surface area (Å²) in [7, 11) is 0. The number of amides is 1. The summed E-state index contributed by atoms with van der Waals surface area (Å²) < 4.78 is 13.0. The zero-order chi connectivity index (χ0) is 15.2. The van der Waals surface area contributed by atoms with Crippen molar-refractivity contribution in [2.75, 3.05) is 6.54 Å². The number of aryl methyl sites for hydroxylation is 1. The lowest BCUT2D eigenvalue weighted by atomic mass is 10.1. The van der Waals surface area contributed by atoms with Crippen LogP contribution in [0, 0.1) is 12.7 Å². The first-order chi connectivity index (χ1) is 10.1. The van der Waals surface area contributed by atoms with E-state index in [4.69, 9.17) is 5.73 Å². The van der Waals surface area contributed by atoms with E-state index < -0.39 is 0 Å². The molecule has 0 saturated heterocycles. The molecule has 3 nitrogen and oxygen atoms in total. The Kier molecular flexibility index (Phi) is 5.06. The normalized spacial score (nSPS) is 10.4. The van der Waals surface area contributed by atoms with Crippen LogP contribution in [0.1, 0.15) is 27.0 Å². The molecule has 0 unspecified atom stereocenters. The molecule has 3 N–H and O–H groups in total. The summed E-state index contributed by atoms with van der Waals surface area (Å²) in [6.07, 6.45) is 0.675. The van der Waals surface area contributed by atoms with Crippen molar-refractivity contribution in [3.05, 3.63) is 70.5 Å². The van der Waals surface area contributed by atoms with Gasteiger partial charge in [0.25, 0.3) is 5.91 Å². The molecule has 1 amide bonds. The topological polar surface area (TPSA) is 55.1 Å². The van der Waals surface area contributed by atoms with E-state index in [9.17, 15) is 9.18 Å². The monoisotopic (exact) mass is 286 g/mol. The summed E-state index contributed by atoms with van der Waals surface area (Å²) in [5, 5.41) is 2.87. The van der Waals surface area contributed by atoms with Gasteiger partial charge in [-0.15, -0.1) is 0 Å². The standard InChI is InChI=1S/C17H19FN2O/c1-12-9-16(18)6-5-14(12)7-8-20-17(21)15-4-2-3-13(10-15)11-19/h2-6,9-10H,7-8,11,19H2,1H3,(H,20,21). The smallest absolute Gasteiger partial charge is 0.251 e. The number of benzene rings is 2. The highest BCUT2D eigenvalue weighted by atomic mass is 19.1. The van der Waals surface area contributed by atoms with Crippen molar-refractivity contribution in [3.63, 3.8) is 0 Å². The number of nitrogens with one attached hydrogen (secondary N) is 1. The summed E-state index contributed by atoms with van der Waals surface area (Å²) in [6, 6.07) is 12.0. The fourth-order valence-corrected chi connectivity index (χ4v) is 2.19. The summed E-state index contributed by atoms with van der Waals surface area (Å²) in [4.78, 5) is 12.0. The number of nitrogens with two attached hydrogens (primary N) is 1. The minimum atomic E-state index is -0.237. The van der Waals surface area contributed by atoms with Gasteiger partial charge in [-0.1, -0.05) is 18.2 Å². The van der Waals surface area contributed by atoms with Gasteiger partial charge in [-0.3, -0.25) is 4.79 Å². The van der Waals surface area contributed by atoms with E-state index in [0.29, 0.717) is 25.1 Å². The molecule has 2 aromatic carbocycles. The summed E-state index contributed by atoms with van der Waals surface area (Å²) in [5.41, 5.74) is 9.03. The first-order valence-corrected chi connectivity index (χ1v) is 6.92. The van der Waals surface area contributed by atoms with Gasteiger partial charge in [-0.25, -0.2) is 4.39 Å². The second kappa shape index (κ2) is 6.99. The minimum Gasteiger partial charge on any atom is -0.352 e. The van der Waals surface area contributed by atoms with E-state index in [1.54, 1.807) is 18.2 Å². The molecule has 0 aliphatic heterocycles. The molecule has 4 heteroatoms. The maximum atomic E-state index is 13.0. The predicted octanol–water partition coefficient (Wildman–Crippen LogP) is 2.57. The third kappa shape index (κ3) is 4.13. The van der Waals surface area contributed by atoms with Crippen molar-refractivity contribution in [1.82, 2.24) is 5.32 Å². The highest BCUT2D eigenvalue weighted by Gasteiger charge is 2.06. The van der Waals surface area contributed by atoms with Crippen LogP contribution in [0.4, 0.5) is 4.39 Å². The van der Waals surface area contributed by atoms with Gasteiger partial charge >= 0.3 is 0 Å². The lowest BCUT2D eigenvalue weighted by Gasteiger charge is -2.08. The third-order valence-electron chi connectivity index (χ3n) is 3.41. The van der Waals surface area contributed by atoms with Gasteiger partial charge in [-0.2, -0.15) is 0 Å². The van der Waals surface area contributed by atoms with Crippen molar-refractivity contribution in [1.29, 1.82) is 0 Å². The summed E-state index contributed by atoms with van der Waals surface area (Å²) in [5.74, 6) is -0.357. The SMILES string of the molecule is Cc1cc(F)ccc1CCNC(=O)c1cccc(CN)c1. The fourth-order valence-electron chi connectivity index (χ4n) is 2.19. The maximum Gasteiger partial charge on any atom is 0.251 e. The largest absolute Gasteiger partial charge is 0.352 e. The first-order valence-electron chi connectivity index (χ1n) is 6.92. The van der Waals surface area contributed by atoms with Crippen LogP contribution in [-0.4, -0.2) is 12.5 Å². The van der Waals surface area contributed by atoms with Crippen molar-refractivity contribution in [3.8, 4) is 0 Å². The van der Waals surface area contributed by atoms with Crippen LogP contribution in [-0.2, 0) is 13.0 Å². The van der Waals surface area contributed by atoms with E-state index >= 15 is 0 Å².